The summed E-state index contributed by atoms with van der Waals surface area (Å²) < 4.78 is 5.54. The average Bonchev–Trinajstić information content (AvgIpc) is 3.29. The molecule has 0 bridgehead atoms. The predicted molar refractivity (Wildman–Crippen MR) is 110 cm³/mol. The van der Waals surface area contributed by atoms with Crippen LogP contribution in [0.1, 0.15) is 18.1 Å². The third-order valence-electron chi connectivity index (χ3n) is 5.16. The zero-order valence-electron chi connectivity index (χ0n) is 15.5. The molecule has 5 rings (SSSR count). The smallest absolute Gasteiger partial charge is 0.268 e. The number of thiophene rings is 1. The maximum atomic E-state index is 5.54. The van der Waals surface area contributed by atoms with Gasteiger partial charge < -0.3 is 4.52 Å². The lowest BCUT2D eigenvalue weighted by Crippen LogP contribution is -2.44. The molecule has 0 spiro atoms. The second kappa shape index (κ2) is 6.59. The molecule has 1 saturated heterocycles. The van der Waals surface area contributed by atoms with Gasteiger partial charge in [0.15, 0.2) is 0 Å². The molecule has 0 atom stereocenters. The molecular formula is C22H21N3OS. The minimum Gasteiger partial charge on any atom is -0.333 e. The van der Waals surface area contributed by atoms with Gasteiger partial charge in [-0.1, -0.05) is 48.5 Å². The summed E-state index contributed by atoms with van der Waals surface area (Å²) in [7, 11) is 0. The molecule has 4 aromatic rings. The summed E-state index contributed by atoms with van der Waals surface area (Å²) in [5.41, 5.74) is 3.60. The number of rotatable bonds is 4. The van der Waals surface area contributed by atoms with Crippen molar-refractivity contribution in [3.8, 4) is 22.2 Å². The lowest BCUT2D eigenvalue weighted by Gasteiger charge is -2.37. The molecule has 0 radical (unpaired) electrons. The molecule has 136 valence electrons. The number of aryl methyl sites for hydroxylation is 1. The van der Waals surface area contributed by atoms with Gasteiger partial charge in [0.05, 0.1) is 4.88 Å². The average molecular weight is 375 g/mol. The van der Waals surface area contributed by atoms with E-state index in [-0.39, 0.29) is 0 Å². The Morgan fingerprint density at radius 2 is 1.96 bits per heavy atom. The largest absolute Gasteiger partial charge is 0.333 e. The van der Waals surface area contributed by atoms with Crippen LogP contribution in [0.5, 0.6) is 0 Å². The third kappa shape index (κ3) is 3.07. The Morgan fingerprint density at radius 1 is 1.15 bits per heavy atom. The molecule has 0 unspecified atom stereocenters. The first-order valence-electron chi connectivity index (χ1n) is 9.30. The fourth-order valence-electron chi connectivity index (χ4n) is 3.87. The fourth-order valence-corrected chi connectivity index (χ4v) is 4.69. The van der Waals surface area contributed by atoms with Gasteiger partial charge in [-0.25, -0.2) is 0 Å². The summed E-state index contributed by atoms with van der Waals surface area (Å²) in [5, 5.41) is 8.81. The number of likely N-dealkylation sites (tertiary alicyclic amines) is 1. The van der Waals surface area contributed by atoms with E-state index in [1.807, 2.05) is 0 Å². The third-order valence-corrected chi connectivity index (χ3v) is 6.19. The van der Waals surface area contributed by atoms with Crippen molar-refractivity contribution in [2.45, 2.75) is 20.4 Å². The first kappa shape index (κ1) is 16.7. The summed E-state index contributed by atoms with van der Waals surface area (Å²) in [6.07, 6.45) is 0. The Kier molecular flexibility index (Phi) is 4.06. The van der Waals surface area contributed by atoms with Crippen molar-refractivity contribution in [3.05, 3.63) is 59.0 Å². The zero-order chi connectivity index (χ0) is 18.4. The van der Waals surface area contributed by atoms with Crippen molar-refractivity contribution in [1.82, 2.24) is 15.0 Å². The molecule has 3 heterocycles. The van der Waals surface area contributed by atoms with Crippen molar-refractivity contribution in [2.24, 2.45) is 5.92 Å². The van der Waals surface area contributed by atoms with E-state index in [4.69, 9.17) is 4.52 Å². The topological polar surface area (TPSA) is 42.2 Å². The molecule has 1 aliphatic heterocycles. The molecule has 0 N–H and O–H groups in total. The Bertz CT molecular complexity index is 1110. The summed E-state index contributed by atoms with van der Waals surface area (Å²) >= 11 is 1.63. The highest BCUT2D eigenvalue weighted by atomic mass is 32.1. The molecule has 0 aliphatic carbocycles. The van der Waals surface area contributed by atoms with E-state index in [1.54, 1.807) is 11.3 Å². The van der Waals surface area contributed by atoms with E-state index in [1.165, 1.54) is 35.0 Å². The predicted octanol–water partition coefficient (Wildman–Crippen LogP) is 5.38. The van der Waals surface area contributed by atoms with Crippen molar-refractivity contribution in [2.75, 3.05) is 13.1 Å². The second-order valence-corrected chi connectivity index (χ2v) is 8.44. The monoisotopic (exact) mass is 375 g/mol. The zero-order valence-corrected chi connectivity index (χ0v) is 16.3. The van der Waals surface area contributed by atoms with Gasteiger partial charge in [0.2, 0.25) is 5.82 Å². The Labute approximate surface area is 162 Å². The minimum atomic E-state index is 0.589. The highest BCUT2D eigenvalue weighted by Crippen LogP contribution is 2.33. The van der Waals surface area contributed by atoms with E-state index in [0.29, 0.717) is 11.7 Å². The molecule has 5 heteroatoms. The van der Waals surface area contributed by atoms with Crippen molar-refractivity contribution in [1.29, 1.82) is 0 Å². The second-order valence-electron chi connectivity index (χ2n) is 7.53. The van der Waals surface area contributed by atoms with Gasteiger partial charge in [-0.15, -0.1) is 11.3 Å². The molecular weight excluding hydrogens is 354 g/mol. The van der Waals surface area contributed by atoms with Gasteiger partial charge in [0.25, 0.3) is 5.89 Å². The van der Waals surface area contributed by atoms with Crippen LogP contribution < -0.4 is 0 Å². The van der Waals surface area contributed by atoms with Crippen molar-refractivity contribution in [3.63, 3.8) is 0 Å². The Balaban J connectivity index is 1.53. The van der Waals surface area contributed by atoms with E-state index in [2.05, 4.69) is 76.7 Å². The normalized spacial score (nSPS) is 15.3. The summed E-state index contributed by atoms with van der Waals surface area (Å²) in [4.78, 5) is 8.18. The Hall–Kier alpha value is -2.50. The van der Waals surface area contributed by atoms with Gasteiger partial charge in [-0.2, -0.15) is 4.98 Å². The Morgan fingerprint density at radius 3 is 2.70 bits per heavy atom. The highest BCUT2D eigenvalue weighted by molar-refractivity contribution is 7.13. The summed E-state index contributed by atoms with van der Waals surface area (Å²) in [5.74, 6) is 2.05. The number of hydrogen-bond donors (Lipinski definition) is 0. The maximum Gasteiger partial charge on any atom is 0.268 e. The van der Waals surface area contributed by atoms with Gasteiger partial charge in [-0.3, -0.25) is 4.90 Å². The summed E-state index contributed by atoms with van der Waals surface area (Å²) in [6, 6.07) is 15.0. The highest BCUT2D eigenvalue weighted by Gasteiger charge is 2.23. The van der Waals surface area contributed by atoms with Crippen LogP contribution >= 0.6 is 11.3 Å². The van der Waals surface area contributed by atoms with Crippen LogP contribution in [-0.2, 0) is 6.54 Å². The molecule has 2 aromatic carbocycles. The number of hydrogen-bond acceptors (Lipinski definition) is 5. The van der Waals surface area contributed by atoms with Crippen LogP contribution in [-0.4, -0.2) is 28.1 Å². The number of aromatic nitrogens is 2. The molecule has 1 aliphatic rings. The van der Waals surface area contributed by atoms with E-state index in [0.717, 1.165) is 22.9 Å². The first-order chi connectivity index (χ1) is 13.2. The maximum absolute atomic E-state index is 5.54. The number of fused-ring (bicyclic) bond motifs is 1. The van der Waals surface area contributed by atoms with E-state index in [9.17, 15) is 0 Å². The molecule has 27 heavy (non-hydrogen) atoms. The van der Waals surface area contributed by atoms with Crippen LogP contribution in [0.25, 0.3) is 32.9 Å². The first-order valence-corrected chi connectivity index (χ1v) is 10.2. The lowest BCUT2D eigenvalue weighted by atomic mass is 9.96. The van der Waals surface area contributed by atoms with Crippen LogP contribution in [0, 0.1) is 12.8 Å². The van der Waals surface area contributed by atoms with Crippen LogP contribution in [0.15, 0.2) is 52.4 Å². The van der Waals surface area contributed by atoms with Crippen LogP contribution in [0.3, 0.4) is 0 Å². The molecule has 0 amide bonds. The molecule has 4 nitrogen and oxygen atoms in total. The van der Waals surface area contributed by atoms with Crippen LogP contribution in [0.2, 0.25) is 0 Å². The standard InChI is InChI=1S/C22H21N3OS/c1-14-9-20(27-13-14)22-23-21(24-26-22)19-8-7-16(12-25-10-15(2)11-25)17-5-3-4-6-18(17)19/h3-9,13,15H,10-12H2,1-2H3. The van der Waals surface area contributed by atoms with Crippen LogP contribution in [0.4, 0.5) is 0 Å². The molecule has 1 fully saturated rings. The number of benzene rings is 2. The van der Waals surface area contributed by atoms with E-state index < -0.39 is 0 Å². The van der Waals surface area contributed by atoms with E-state index >= 15 is 0 Å². The minimum absolute atomic E-state index is 0.589. The lowest BCUT2D eigenvalue weighted by molar-refractivity contribution is 0.105. The molecule has 2 aromatic heterocycles. The van der Waals surface area contributed by atoms with Crippen molar-refractivity contribution >= 4 is 22.1 Å². The SMILES string of the molecule is Cc1csc(-c2nc(-c3ccc(CN4CC(C)C4)c4ccccc34)no2)c1. The van der Waals surface area contributed by atoms with Gasteiger partial charge in [0.1, 0.15) is 0 Å². The van der Waals surface area contributed by atoms with Gasteiger partial charge in [-0.05, 0) is 46.2 Å². The quantitative estimate of drug-likeness (QED) is 0.480. The summed E-state index contributed by atoms with van der Waals surface area (Å²) in [6.45, 7) is 7.75. The van der Waals surface area contributed by atoms with Gasteiger partial charge in [0, 0.05) is 25.2 Å². The number of nitrogens with zero attached hydrogens (tertiary/aromatic N) is 3. The van der Waals surface area contributed by atoms with Crippen molar-refractivity contribution < 1.29 is 4.52 Å². The fraction of sp³-hybridized carbons (Fsp3) is 0.273. The molecule has 0 saturated carbocycles. The van der Waals surface area contributed by atoms with Gasteiger partial charge >= 0.3 is 0 Å².